The Balaban J connectivity index is 1.71. The third-order valence-corrected chi connectivity index (χ3v) is 7.60. The van der Waals surface area contributed by atoms with E-state index in [-0.39, 0.29) is 17.1 Å². The molecular weight excluding hydrogens is 324 g/mol. The molecule has 0 aliphatic heterocycles. The summed E-state index contributed by atoms with van der Waals surface area (Å²) in [6, 6.07) is 0. The van der Waals surface area contributed by atoms with E-state index in [0.29, 0.717) is 11.3 Å². The second kappa shape index (κ2) is 6.25. The zero-order valence-electron chi connectivity index (χ0n) is 17.0. The van der Waals surface area contributed by atoms with E-state index in [1.165, 1.54) is 19.3 Å². The highest BCUT2D eigenvalue weighted by Crippen LogP contribution is 2.66. The fourth-order valence-corrected chi connectivity index (χ4v) is 7.03. The van der Waals surface area contributed by atoms with Crippen LogP contribution in [0.4, 0.5) is 0 Å². The van der Waals surface area contributed by atoms with Gasteiger partial charge >= 0.3 is 0 Å². The summed E-state index contributed by atoms with van der Waals surface area (Å²) in [7, 11) is -1.58. The van der Waals surface area contributed by atoms with Crippen molar-refractivity contribution < 1.29 is 9.53 Å². The topological polar surface area (TPSA) is 29.5 Å². The maximum atomic E-state index is 10.5. The first-order valence-corrected chi connectivity index (χ1v) is 13.5. The highest BCUT2D eigenvalue weighted by Gasteiger charge is 2.57. The summed E-state index contributed by atoms with van der Waals surface area (Å²) in [5.41, 5.74) is 1.78. The average molecular weight is 361 g/mol. The van der Waals surface area contributed by atoms with Crippen molar-refractivity contribution in [3.05, 3.63) is 11.6 Å². The molecule has 2 nitrogen and oxygen atoms in total. The van der Waals surface area contributed by atoms with Crippen molar-refractivity contribution in [2.75, 3.05) is 0 Å². The fraction of sp³-hybridized carbons (Fsp3) is 0.818. The maximum Gasteiger partial charge on any atom is 0.185 e. The molecule has 0 spiro atoms. The van der Waals surface area contributed by atoms with E-state index in [4.69, 9.17) is 4.43 Å². The average Bonchev–Trinajstić information content (AvgIpc) is 3.11. The van der Waals surface area contributed by atoms with Gasteiger partial charge < -0.3 is 9.53 Å². The van der Waals surface area contributed by atoms with Crippen LogP contribution in [0.1, 0.15) is 65.7 Å². The van der Waals surface area contributed by atoms with Gasteiger partial charge in [0.1, 0.15) is 5.60 Å². The van der Waals surface area contributed by atoms with Crippen LogP contribution in [-0.4, -0.2) is 25.1 Å². The van der Waals surface area contributed by atoms with Crippen molar-refractivity contribution in [2.45, 2.75) is 97.1 Å². The van der Waals surface area contributed by atoms with Crippen LogP contribution >= 0.6 is 0 Å². The van der Waals surface area contributed by atoms with E-state index < -0.39 is 8.32 Å². The van der Waals surface area contributed by atoms with Crippen LogP contribution in [0, 0.1) is 28.6 Å². The highest BCUT2D eigenvalue weighted by molar-refractivity contribution is 6.69. The van der Waals surface area contributed by atoms with E-state index in [1.54, 1.807) is 5.57 Å². The number of aliphatic hydroxyl groups excluding tert-OH is 1. The Kier molecular flexibility index (Phi) is 4.80. The monoisotopic (exact) mass is 360 g/mol. The Hall–Kier alpha value is -0.563. The lowest BCUT2D eigenvalue weighted by Gasteiger charge is -2.44. The largest absolute Gasteiger partial charge is 0.402 e. The van der Waals surface area contributed by atoms with Gasteiger partial charge in [-0.05, 0) is 83.3 Å². The molecule has 1 N–H and O–H groups in total. The smallest absolute Gasteiger partial charge is 0.185 e. The molecule has 0 heterocycles. The molecule has 0 aromatic heterocycles. The lowest BCUT2D eigenvalue weighted by atomic mass is 9.62. The molecular formula is C22H36O2Si. The maximum absolute atomic E-state index is 10.5. The number of hydrogen-bond acceptors (Lipinski definition) is 2. The van der Waals surface area contributed by atoms with Gasteiger partial charge in [-0.15, -0.1) is 0 Å². The van der Waals surface area contributed by atoms with E-state index in [0.717, 1.165) is 25.7 Å². The molecule has 3 aliphatic carbocycles. The molecule has 2 fully saturated rings. The summed E-state index contributed by atoms with van der Waals surface area (Å²) in [4.78, 5) is 0. The minimum atomic E-state index is -1.58. The van der Waals surface area contributed by atoms with E-state index in [2.05, 4.69) is 58.3 Å². The predicted molar refractivity (Wildman–Crippen MR) is 107 cm³/mol. The SMILES string of the molecule is CC(C)(C#CCC1(C2=CCC3[C@@H](O)CCC[C@]23C)CC1)O[Si](C)(C)C. The van der Waals surface area contributed by atoms with Crippen LogP contribution in [0.15, 0.2) is 11.6 Å². The quantitative estimate of drug-likeness (QED) is 0.419. The number of fused-ring (bicyclic) bond motifs is 1. The summed E-state index contributed by atoms with van der Waals surface area (Å²) >= 11 is 0. The lowest BCUT2D eigenvalue weighted by Crippen LogP contribution is -2.40. The van der Waals surface area contributed by atoms with Crippen molar-refractivity contribution >= 4 is 8.32 Å². The van der Waals surface area contributed by atoms with Crippen molar-refractivity contribution in [1.29, 1.82) is 0 Å². The number of aliphatic hydroxyl groups is 1. The number of hydrogen-bond donors (Lipinski definition) is 1. The summed E-state index contributed by atoms with van der Waals surface area (Å²) in [6.07, 6.45) is 10.3. The van der Waals surface area contributed by atoms with Gasteiger partial charge in [-0.1, -0.05) is 30.4 Å². The molecule has 25 heavy (non-hydrogen) atoms. The highest BCUT2D eigenvalue weighted by atomic mass is 28.4. The molecule has 2 saturated carbocycles. The standard InChI is InChI=1S/C22H36O2Si/c1-20(2,24-25(4,5)6)12-8-14-22(15-16-22)19-11-10-17-18(23)9-7-13-21(17,19)3/h11,17-18,23H,7,9-10,13-16H2,1-6H3/t17?,18-,21-/m0/s1. The third-order valence-electron chi connectivity index (χ3n) is 6.47. The van der Waals surface area contributed by atoms with Crippen LogP contribution in [0.5, 0.6) is 0 Å². The van der Waals surface area contributed by atoms with Gasteiger partial charge in [0.05, 0.1) is 6.10 Å². The molecule has 3 rings (SSSR count). The van der Waals surface area contributed by atoms with E-state index in [1.807, 2.05) is 0 Å². The zero-order chi connectivity index (χ0) is 18.5. The van der Waals surface area contributed by atoms with Gasteiger partial charge in [-0.25, -0.2) is 0 Å². The molecule has 0 aromatic carbocycles. The van der Waals surface area contributed by atoms with Gasteiger partial charge in [-0.2, -0.15) is 0 Å². The van der Waals surface area contributed by atoms with Gasteiger partial charge in [0.2, 0.25) is 0 Å². The molecule has 0 bridgehead atoms. The van der Waals surface area contributed by atoms with Crippen LogP contribution in [-0.2, 0) is 4.43 Å². The Labute approximate surface area is 155 Å². The van der Waals surface area contributed by atoms with Gasteiger partial charge in [-0.3, -0.25) is 0 Å². The summed E-state index contributed by atoms with van der Waals surface area (Å²) < 4.78 is 6.22. The molecule has 1 unspecified atom stereocenters. The van der Waals surface area contributed by atoms with Crippen molar-refractivity contribution in [3.8, 4) is 11.8 Å². The zero-order valence-corrected chi connectivity index (χ0v) is 18.0. The fourth-order valence-electron chi connectivity index (χ4n) is 5.45. The van der Waals surface area contributed by atoms with Crippen molar-refractivity contribution in [3.63, 3.8) is 0 Å². The van der Waals surface area contributed by atoms with Gasteiger partial charge in [0, 0.05) is 11.8 Å². The lowest BCUT2D eigenvalue weighted by molar-refractivity contribution is 0.00690. The molecule has 3 atom stereocenters. The third kappa shape index (κ3) is 3.92. The van der Waals surface area contributed by atoms with Crippen LogP contribution in [0.2, 0.25) is 19.6 Å². The second-order valence-corrected chi connectivity index (χ2v) is 14.7. The molecule has 0 amide bonds. The first-order valence-electron chi connectivity index (χ1n) is 10.1. The van der Waals surface area contributed by atoms with Gasteiger partial charge in [0.25, 0.3) is 0 Å². The Bertz CT molecular complexity index is 612. The van der Waals surface area contributed by atoms with E-state index >= 15 is 0 Å². The van der Waals surface area contributed by atoms with Gasteiger partial charge in [0.15, 0.2) is 8.32 Å². The Morgan fingerprint density at radius 2 is 1.96 bits per heavy atom. The first kappa shape index (κ1) is 19.2. The number of rotatable bonds is 4. The Morgan fingerprint density at radius 1 is 1.28 bits per heavy atom. The first-order chi connectivity index (χ1) is 11.5. The van der Waals surface area contributed by atoms with Crippen LogP contribution in [0.25, 0.3) is 0 Å². The predicted octanol–water partition coefficient (Wildman–Crippen LogP) is 5.29. The number of allylic oxidation sites excluding steroid dienone is 2. The van der Waals surface area contributed by atoms with Crippen LogP contribution < -0.4 is 0 Å². The molecule has 0 saturated heterocycles. The minimum Gasteiger partial charge on any atom is -0.402 e. The normalized spacial score (nSPS) is 34.0. The Morgan fingerprint density at radius 3 is 2.56 bits per heavy atom. The molecule has 0 aromatic rings. The second-order valence-electron chi connectivity index (χ2n) is 10.3. The molecule has 3 aliphatic rings. The van der Waals surface area contributed by atoms with E-state index in [9.17, 15) is 5.11 Å². The molecule has 140 valence electrons. The summed E-state index contributed by atoms with van der Waals surface area (Å²) in [5, 5.41) is 10.5. The minimum absolute atomic E-state index is 0.113. The van der Waals surface area contributed by atoms with Crippen molar-refractivity contribution in [2.24, 2.45) is 16.7 Å². The van der Waals surface area contributed by atoms with Crippen LogP contribution in [0.3, 0.4) is 0 Å². The summed E-state index contributed by atoms with van der Waals surface area (Å²) in [6.45, 7) is 13.3. The summed E-state index contributed by atoms with van der Waals surface area (Å²) in [5.74, 6) is 7.35. The van der Waals surface area contributed by atoms with Crippen molar-refractivity contribution in [1.82, 2.24) is 0 Å². The molecule has 0 radical (unpaired) electrons. The molecule has 3 heteroatoms.